The molecule has 0 radical (unpaired) electrons. The molecule has 28 heavy (non-hydrogen) atoms. The number of hydrogen-bond donors (Lipinski definition) is 0. The minimum absolute atomic E-state index is 0.0713. The maximum atomic E-state index is 12.7. The molecular weight excluding hydrogens is 350 g/mol. The molecule has 1 aliphatic heterocycles. The number of hydrogen-bond acceptors (Lipinski definition) is 4. The maximum absolute atomic E-state index is 12.7. The highest BCUT2D eigenvalue weighted by molar-refractivity contribution is 5.78. The van der Waals surface area contributed by atoms with Crippen molar-refractivity contribution < 1.29 is 9.53 Å². The van der Waals surface area contributed by atoms with Gasteiger partial charge in [0.05, 0.1) is 0 Å². The van der Waals surface area contributed by atoms with Crippen LogP contribution in [0.4, 0.5) is 5.69 Å². The third-order valence-electron chi connectivity index (χ3n) is 6.09. The number of fused-ring (bicyclic) bond motifs is 1. The average molecular weight is 380 g/mol. The first kappa shape index (κ1) is 18.8. The predicted octanol–water partition coefficient (Wildman–Crippen LogP) is 3.30. The molecule has 5 heteroatoms. The second-order valence-corrected chi connectivity index (χ2v) is 7.82. The summed E-state index contributed by atoms with van der Waals surface area (Å²) in [7, 11) is 0. The number of piperazine rings is 1. The number of anilines is 1. The second kappa shape index (κ2) is 8.21. The quantitative estimate of drug-likeness (QED) is 0.818. The van der Waals surface area contributed by atoms with E-state index < -0.39 is 0 Å². The molecule has 1 aliphatic carbocycles. The van der Waals surface area contributed by atoms with Crippen molar-refractivity contribution in [2.24, 2.45) is 0 Å². The van der Waals surface area contributed by atoms with Crippen LogP contribution in [-0.2, 0) is 17.6 Å². The van der Waals surface area contributed by atoms with Crippen LogP contribution in [0, 0.1) is 13.8 Å². The number of amides is 1. The van der Waals surface area contributed by atoms with Crippen molar-refractivity contribution in [1.29, 1.82) is 0 Å². The van der Waals surface area contributed by atoms with E-state index in [4.69, 9.17) is 4.74 Å². The Balaban J connectivity index is 1.33. The van der Waals surface area contributed by atoms with Crippen LogP contribution in [0.15, 0.2) is 30.5 Å². The van der Waals surface area contributed by atoms with Gasteiger partial charge < -0.3 is 14.5 Å². The van der Waals surface area contributed by atoms with E-state index in [9.17, 15) is 4.79 Å². The highest BCUT2D eigenvalue weighted by atomic mass is 16.5. The van der Waals surface area contributed by atoms with Crippen molar-refractivity contribution >= 4 is 11.6 Å². The first-order valence-corrected chi connectivity index (χ1v) is 10.3. The van der Waals surface area contributed by atoms with Crippen LogP contribution < -0.4 is 9.64 Å². The maximum Gasteiger partial charge on any atom is 0.260 e. The first-order valence-electron chi connectivity index (χ1n) is 10.3. The smallest absolute Gasteiger partial charge is 0.260 e. The molecule has 1 fully saturated rings. The standard InChI is InChI=1S/C23H29N3O2/c1-17-6-5-9-21(18(17)2)25-12-14-26(15-13-25)23(27)16-28-22-10-11-24-20-8-4-3-7-19(20)22/h5-6,9-11H,3-4,7-8,12-16H2,1-2H3. The lowest BCUT2D eigenvalue weighted by molar-refractivity contribution is -0.133. The number of aromatic nitrogens is 1. The van der Waals surface area contributed by atoms with Crippen molar-refractivity contribution in [2.45, 2.75) is 39.5 Å². The van der Waals surface area contributed by atoms with Gasteiger partial charge in [-0.2, -0.15) is 0 Å². The Morgan fingerprint density at radius 1 is 1.07 bits per heavy atom. The van der Waals surface area contributed by atoms with Crippen LogP contribution in [0.1, 0.15) is 35.2 Å². The van der Waals surface area contributed by atoms with Gasteiger partial charge in [0.1, 0.15) is 5.75 Å². The third-order valence-corrected chi connectivity index (χ3v) is 6.09. The summed E-state index contributed by atoms with van der Waals surface area (Å²) < 4.78 is 5.92. The summed E-state index contributed by atoms with van der Waals surface area (Å²) in [5.41, 5.74) is 6.25. The van der Waals surface area contributed by atoms with E-state index >= 15 is 0 Å². The summed E-state index contributed by atoms with van der Waals surface area (Å²) >= 11 is 0. The summed E-state index contributed by atoms with van der Waals surface area (Å²) in [6, 6.07) is 8.33. The number of carbonyl (C=O) groups is 1. The summed E-state index contributed by atoms with van der Waals surface area (Å²) in [5.74, 6) is 0.911. The van der Waals surface area contributed by atoms with Gasteiger partial charge in [0.25, 0.3) is 5.91 Å². The minimum Gasteiger partial charge on any atom is -0.483 e. The molecule has 0 atom stereocenters. The Hall–Kier alpha value is -2.56. The van der Waals surface area contributed by atoms with Gasteiger partial charge in [-0.3, -0.25) is 9.78 Å². The number of rotatable bonds is 4. The third kappa shape index (κ3) is 3.84. The van der Waals surface area contributed by atoms with E-state index in [1.807, 2.05) is 11.0 Å². The molecule has 0 N–H and O–H groups in total. The fourth-order valence-corrected chi connectivity index (χ4v) is 4.23. The molecule has 2 heterocycles. The van der Waals surface area contributed by atoms with E-state index in [1.165, 1.54) is 35.2 Å². The molecule has 2 aliphatic rings. The molecule has 1 amide bonds. The summed E-state index contributed by atoms with van der Waals surface area (Å²) in [6.07, 6.45) is 6.17. The van der Waals surface area contributed by atoms with Gasteiger partial charge in [0.2, 0.25) is 0 Å². The lowest BCUT2D eigenvalue weighted by atomic mass is 9.95. The van der Waals surface area contributed by atoms with Crippen molar-refractivity contribution in [3.63, 3.8) is 0 Å². The molecule has 0 saturated carbocycles. The highest BCUT2D eigenvalue weighted by Crippen LogP contribution is 2.28. The van der Waals surface area contributed by atoms with Gasteiger partial charge in [-0.1, -0.05) is 12.1 Å². The zero-order valence-corrected chi connectivity index (χ0v) is 16.9. The first-order chi connectivity index (χ1) is 13.6. The zero-order chi connectivity index (χ0) is 19.5. The number of carbonyl (C=O) groups excluding carboxylic acids is 1. The lowest BCUT2D eigenvalue weighted by Gasteiger charge is -2.37. The average Bonchev–Trinajstić information content (AvgIpc) is 2.74. The van der Waals surface area contributed by atoms with E-state index in [2.05, 4.69) is 41.9 Å². The zero-order valence-electron chi connectivity index (χ0n) is 16.9. The molecular formula is C23H29N3O2. The van der Waals surface area contributed by atoms with Gasteiger partial charge in [-0.25, -0.2) is 0 Å². The van der Waals surface area contributed by atoms with Crippen LogP contribution in [0.3, 0.4) is 0 Å². The number of ether oxygens (including phenoxy) is 1. The van der Waals surface area contributed by atoms with E-state index in [-0.39, 0.29) is 12.5 Å². The molecule has 4 rings (SSSR count). The largest absolute Gasteiger partial charge is 0.483 e. The van der Waals surface area contributed by atoms with Gasteiger partial charge in [0, 0.05) is 49.3 Å². The summed E-state index contributed by atoms with van der Waals surface area (Å²) in [5, 5.41) is 0. The van der Waals surface area contributed by atoms with Crippen molar-refractivity contribution in [1.82, 2.24) is 9.88 Å². The molecule has 1 aromatic heterocycles. The SMILES string of the molecule is Cc1cccc(N2CCN(C(=O)COc3ccnc4c3CCCC4)CC2)c1C. The van der Waals surface area contributed by atoms with E-state index in [0.29, 0.717) is 0 Å². The predicted molar refractivity (Wildman–Crippen MR) is 111 cm³/mol. The number of aryl methyl sites for hydroxylation is 2. The molecule has 1 saturated heterocycles. The van der Waals surface area contributed by atoms with Crippen molar-refractivity contribution in [3.8, 4) is 5.75 Å². The van der Waals surface area contributed by atoms with Gasteiger partial charge in [0.15, 0.2) is 6.61 Å². The van der Waals surface area contributed by atoms with Crippen molar-refractivity contribution in [3.05, 3.63) is 52.8 Å². The van der Waals surface area contributed by atoms with Crippen LogP contribution in [0.5, 0.6) is 5.75 Å². The Labute approximate surface area is 167 Å². The molecule has 0 spiro atoms. The fourth-order valence-electron chi connectivity index (χ4n) is 4.23. The molecule has 0 unspecified atom stereocenters. The number of nitrogens with zero attached hydrogens (tertiary/aromatic N) is 3. The number of pyridine rings is 1. The van der Waals surface area contributed by atoms with Gasteiger partial charge in [-0.15, -0.1) is 0 Å². The van der Waals surface area contributed by atoms with Gasteiger partial charge in [-0.05, 0) is 62.8 Å². The Morgan fingerprint density at radius 3 is 2.68 bits per heavy atom. The lowest BCUT2D eigenvalue weighted by Crippen LogP contribution is -2.50. The molecule has 5 nitrogen and oxygen atoms in total. The van der Waals surface area contributed by atoms with E-state index in [0.717, 1.165) is 50.5 Å². The minimum atomic E-state index is 0.0713. The van der Waals surface area contributed by atoms with E-state index in [1.54, 1.807) is 6.20 Å². The number of benzene rings is 1. The fraction of sp³-hybridized carbons (Fsp3) is 0.478. The molecule has 148 valence electrons. The normalized spacial score (nSPS) is 16.6. The second-order valence-electron chi connectivity index (χ2n) is 7.82. The van der Waals surface area contributed by atoms with Crippen LogP contribution in [-0.4, -0.2) is 48.6 Å². The van der Waals surface area contributed by atoms with Crippen molar-refractivity contribution in [2.75, 3.05) is 37.7 Å². The summed E-state index contributed by atoms with van der Waals surface area (Å²) in [4.78, 5) is 21.4. The van der Waals surface area contributed by atoms with Crippen LogP contribution in [0.2, 0.25) is 0 Å². The molecule has 2 aromatic rings. The monoisotopic (exact) mass is 379 g/mol. The van der Waals surface area contributed by atoms with Crippen LogP contribution in [0.25, 0.3) is 0 Å². The Bertz CT molecular complexity index is 857. The van der Waals surface area contributed by atoms with Gasteiger partial charge >= 0.3 is 0 Å². The Morgan fingerprint density at radius 2 is 1.86 bits per heavy atom. The topological polar surface area (TPSA) is 45.7 Å². The summed E-state index contributed by atoms with van der Waals surface area (Å²) in [6.45, 7) is 7.63. The molecule has 0 bridgehead atoms. The Kier molecular flexibility index (Phi) is 5.51. The molecule has 1 aromatic carbocycles. The van der Waals surface area contributed by atoms with Crippen LogP contribution >= 0.6 is 0 Å². The highest BCUT2D eigenvalue weighted by Gasteiger charge is 2.23.